The van der Waals surface area contributed by atoms with E-state index in [1.54, 1.807) is 42.5 Å². The van der Waals surface area contributed by atoms with E-state index in [1.165, 1.54) is 0 Å². The number of hydrazine groups is 1. The van der Waals surface area contributed by atoms with Crippen molar-refractivity contribution < 1.29 is 4.79 Å². The van der Waals surface area contributed by atoms with Gasteiger partial charge >= 0.3 is 6.03 Å². The third-order valence-electron chi connectivity index (χ3n) is 2.45. The maximum absolute atomic E-state index is 11.7. The van der Waals surface area contributed by atoms with Gasteiger partial charge in [-0.1, -0.05) is 35.3 Å². The van der Waals surface area contributed by atoms with E-state index in [-0.39, 0.29) is 0 Å². The van der Waals surface area contributed by atoms with Crippen LogP contribution in [0.1, 0.15) is 0 Å². The molecule has 0 spiro atoms. The van der Waals surface area contributed by atoms with Crippen molar-refractivity contribution >= 4 is 46.3 Å². The zero-order valence-corrected chi connectivity index (χ0v) is 11.8. The summed E-state index contributed by atoms with van der Waals surface area (Å²) >= 11 is 11.6. The fourth-order valence-corrected chi connectivity index (χ4v) is 1.77. The van der Waals surface area contributed by atoms with Gasteiger partial charge in [-0.3, -0.25) is 10.9 Å². The quantitative estimate of drug-likeness (QED) is 0.515. The predicted molar refractivity (Wildman–Crippen MR) is 83.1 cm³/mol. The number of hydrogen-bond acceptors (Lipinski definition) is 3. The Hall–Kier alpha value is -2.11. The average molecular weight is 311 g/mol. The van der Waals surface area contributed by atoms with Gasteiger partial charge in [0.25, 0.3) is 0 Å². The third-order valence-corrected chi connectivity index (χ3v) is 3.19. The topological polar surface area (TPSA) is 79.2 Å². The maximum Gasteiger partial charge on any atom is 0.337 e. The molecule has 2 aromatic rings. The second-order valence-corrected chi connectivity index (χ2v) is 4.73. The van der Waals surface area contributed by atoms with Gasteiger partial charge in [0.1, 0.15) is 0 Å². The Balaban J connectivity index is 1.93. The van der Waals surface area contributed by atoms with Crippen LogP contribution in [0.25, 0.3) is 0 Å². The van der Waals surface area contributed by atoms with Gasteiger partial charge in [0.15, 0.2) is 0 Å². The fraction of sp³-hybridized carbons (Fsp3) is 0. The van der Waals surface area contributed by atoms with Crippen molar-refractivity contribution in [1.29, 1.82) is 0 Å². The molecule has 0 unspecified atom stereocenters. The molecule has 2 aromatic carbocycles. The van der Waals surface area contributed by atoms with Crippen LogP contribution < -0.4 is 21.9 Å². The highest BCUT2D eigenvalue weighted by atomic mass is 35.5. The summed E-state index contributed by atoms with van der Waals surface area (Å²) in [7, 11) is 0. The number of carbonyl (C=O) groups is 1. The Morgan fingerprint density at radius 1 is 1.05 bits per heavy atom. The molecule has 5 N–H and O–H groups in total. The molecule has 0 saturated heterocycles. The summed E-state index contributed by atoms with van der Waals surface area (Å²) in [5.41, 5.74) is 12.6. The van der Waals surface area contributed by atoms with E-state index in [1.807, 2.05) is 0 Å². The van der Waals surface area contributed by atoms with E-state index >= 15 is 0 Å². The Bertz CT molecular complexity index is 634. The minimum Gasteiger partial charge on any atom is -0.397 e. The van der Waals surface area contributed by atoms with Crippen molar-refractivity contribution in [3.8, 4) is 0 Å². The van der Waals surface area contributed by atoms with Crippen molar-refractivity contribution in [3.63, 3.8) is 0 Å². The first-order chi connectivity index (χ1) is 9.56. The third kappa shape index (κ3) is 3.69. The van der Waals surface area contributed by atoms with Crippen LogP contribution >= 0.6 is 23.2 Å². The van der Waals surface area contributed by atoms with Gasteiger partial charge in [0.05, 0.1) is 21.4 Å². The summed E-state index contributed by atoms with van der Waals surface area (Å²) in [4.78, 5) is 11.7. The van der Waals surface area contributed by atoms with Gasteiger partial charge in [-0.2, -0.15) is 0 Å². The van der Waals surface area contributed by atoms with Gasteiger partial charge in [-0.25, -0.2) is 4.79 Å². The van der Waals surface area contributed by atoms with Gasteiger partial charge in [-0.15, -0.1) is 0 Å². The standard InChI is InChI=1S/C13H12Cl2N4O/c14-9-6-5-8(7-10(9)15)17-13(20)19-18-12-4-2-1-3-11(12)16/h1-7,18H,16H2,(H2,17,19,20). The molecule has 0 atom stereocenters. The minimum absolute atomic E-state index is 0.365. The highest BCUT2D eigenvalue weighted by Crippen LogP contribution is 2.24. The zero-order valence-electron chi connectivity index (χ0n) is 10.3. The van der Waals surface area contributed by atoms with Crippen LogP contribution in [0.3, 0.4) is 0 Å². The van der Waals surface area contributed by atoms with Crippen LogP contribution in [0.15, 0.2) is 42.5 Å². The summed E-state index contributed by atoms with van der Waals surface area (Å²) < 4.78 is 0. The Labute approximate surface area is 126 Å². The number of carbonyl (C=O) groups excluding carboxylic acids is 1. The van der Waals surface area contributed by atoms with Crippen LogP contribution in [-0.4, -0.2) is 6.03 Å². The normalized spacial score (nSPS) is 9.90. The van der Waals surface area contributed by atoms with E-state index in [2.05, 4.69) is 16.2 Å². The number of para-hydroxylation sites is 2. The second kappa shape index (κ2) is 6.36. The molecule has 20 heavy (non-hydrogen) atoms. The number of benzene rings is 2. The van der Waals surface area contributed by atoms with Crippen molar-refractivity contribution in [1.82, 2.24) is 5.43 Å². The number of amides is 2. The highest BCUT2D eigenvalue weighted by molar-refractivity contribution is 6.42. The van der Waals surface area contributed by atoms with E-state index < -0.39 is 6.03 Å². The monoisotopic (exact) mass is 310 g/mol. The first kappa shape index (κ1) is 14.3. The van der Waals surface area contributed by atoms with Gasteiger partial charge in [0.2, 0.25) is 0 Å². The molecule has 0 aromatic heterocycles. The number of nitrogen functional groups attached to an aromatic ring is 1. The molecule has 7 heteroatoms. The molecule has 0 aliphatic heterocycles. The molecule has 0 radical (unpaired) electrons. The van der Waals surface area contributed by atoms with Crippen LogP contribution in [0.5, 0.6) is 0 Å². The molecule has 5 nitrogen and oxygen atoms in total. The first-order valence-corrected chi connectivity index (χ1v) is 6.44. The second-order valence-electron chi connectivity index (χ2n) is 3.92. The largest absolute Gasteiger partial charge is 0.397 e. The molecule has 2 rings (SSSR count). The van der Waals surface area contributed by atoms with Crippen molar-refractivity contribution in [3.05, 3.63) is 52.5 Å². The minimum atomic E-state index is -0.452. The molecule has 0 bridgehead atoms. The predicted octanol–water partition coefficient (Wildman–Crippen LogP) is 3.72. The number of hydrogen-bond donors (Lipinski definition) is 4. The first-order valence-electron chi connectivity index (χ1n) is 5.69. The molecule has 0 heterocycles. The lowest BCUT2D eigenvalue weighted by molar-refractivity contribution is 0.254. The number of anilines is 3. The van der Waals surface area contributed by atoms with Crippen LogP contribution in [0, 0.1) is 0 Å². The average Bonchev–Trinajstić information content (AvgIpc) is 2.42. The molecular formula is C13H12Cl2N4O. The Morgan fingerprint density at radius 2 is 1.80 bits per heavy atom. The lowest BCUT2D eigenvalue weighted by Gasteiger charge is -2.11. The summed E-state index contributed by atoms with van der Waals surface area (Å²) in [6.45, 7) is 0. The number of rotatable bonds is 3. The van der Waals surface area contributed by atoms with E-state index in [0.29, 0.717) is 27.1 Å². The van der Waals surface area contributed by atoms with Gasteiger partial charge in [0, 0.05) is 5.69 Å². The zero-order chi connectivity index (χ0) is 14.5. The van der Waals surface area contributed by atoms with Crippen molar-refractivity contribution in [2.45, 2.75) is 0 Å². The molecular weight excluding hydrogens is 299 g/mol. The molecule has 0 saturated carbocycles. The molecule has 2 amide bonds. The lowest BCUT2D eigenvalue weighted by atomic mass is 10.3. The Kier molecular flexibility index (Phi) is 4.55. The van der Waals surface area contributed by atoms with Gasteiger partial charge < -0.3 is 11.1 Å². The van der Waals surface area contributed by atoms with E-state index in [4.69, 9.17) is 28.9 Å². The SMILES string of the molecule is Nc1ccccc1NNC(=O)Nc1ccc(Cl)c(Cl)c1. The molecule has 0 aliphatic carbocycles. The van der Waals surface area contributed by atoms with E-state index in [9.17, 15) is 4.79 Å². The van der Waals surface area contributed by atoms with Crippen molar-refractivity contribution in [2.75, 3.05) is 16.5 Å². The van der Waals surface area contributed by atoms with E-state index in [0.717, 1.165) is 0 Å². The number of urea groups is 1. The summed E-state index contributed by atoms with van der Waals surface area (Å²) in [5.74, 6) is 0. The summed E-state index contributed by atoms with van der Waals surface area (Å²) in [6, 6.07) is 11.4. The maximum atomic E-state index is 11.7. The van der Waals surface area contributed by atoms with Gasteiger partial charge in [-0.05, 0) is 30.3 Å². The number of halogens is 2. The number of nitrogens with one attached hydrogen (secondary N) is 3. The van der Waals surface area contributed by atoms with Crippen LogP contribution in [0.4, 0.5) is 21.9 Å². The number of nitrogens with two attached hydrogens (primary N) is 1. The highest BCUT2D eigenvalue weighted by Gasteiger charge is 2.04. The smallest absolute Gasteiger partial charge is 0.337 e. The summed E-state index contributed by atoms with van der Waals surface area (Å²) in [6.07, 6.45) is 0. The molecule has 0 fully saturated rings. The molecule has 104 valence electrons. The fourth-order valence-electron chi connectivity index (χ4n) is 1.47. The van der Waals surface area contributed by atoms with Crippen molar-refractivity contribution in [2.24, 2.45) is 0 Å². The van der Waals surface area contributed by atoms with Crippen LogP contribution in [-0.2, 0) is 0 Å². The van der Waals surface area contributed by atoms with Crippen LogP contribution in [0.2, 0.25) is 10.0 Å². The lowest BCUT2D eigenvalue weighted by Crippen LogP contribution is -2.33. The summed E-state index contributed by atoms with van der Waals surface area (Å²) in [5, 5.41) is 3.39. The Morgan fingerprint density at radius 3 is 2.50 bits per heavy atom. The molecule has 0 aliphatic rings.